The van der Waals surface area contributed by atoms with Crippen LogP contribution in [0.5, 0.6) is 5.75 Å². The summed E-state index contributed by atoms with van der Waals surface area (Å²) < 4.78 is 31.1. The molecule has 1 aromatic carbocycles. The highest BCUT2D eigenvalue weighted by molar-refractivity contribution is 7.90. The molecule has 0 aliphatic rings. The summed E-state index contributed by atoms with van der Waals surface area (Å²) in [5.41, 5.74) is 0.0236. The van der Waals surface area contributed by atoms with Crippen molar-refractivity contribution in [1.82, 2.24) is 9.55 Å². The molecule has 0 saturated carbocycles. The number of aromatic nitrogens is 2. The van der Waals surface area contributed by atoms with E-state index in [4.69, 9.17) is 4.74 Å². The number of hydrogen-bond donors (Lipinski definition) is 0. The highest BCUT2D eigenvalue weighted by Gasteiger charge is 2.23. The van der Waals surface area contributed by atoms with Crippen molar-refractivity contribution in [2.45, 2.75) is 10.9 Å². The van der Waals surface area contributed by atoms with Crippen molar-refractivity contribution in [3.05, 3.63) is 46.3 Å². The Morgan fingerprint density at radius 2 is 2.14 bits per heavy atom. The Labute approximate surface area is 121 Å². The van der Waals surface area contributed by atoms with Crippen molar-refractivity contribution in [1.29, 1.82) is 0 Å². The molecule has 2 rings (SSSR count). The van der Waals surface area contributed by atoms with E-state index in [2.05, 4.69) is 4.98 Å². The number of rotatable bonds is 5. The molecule has 8 nitrogen and oxygen atoms in total. The molecule has 0 saturated heterocycles. The summed E-state index contributed by atoms with van der Waals surface area (Å²) in [6.07, 6.45) is 2.88. The Morgan fingerprint density at radius 3 is 2.67 bits per heavy atom. The lowest BCUT2D eigenvalue weighted by Crippen LogP contribution is -2.11. The number of ether oxygens (including phenoxy) is 1. The number of hydrogen-bond acceptors (Lipinski definition) is 6. The van der Waals surface area contributed by atoms with Gasteiger partial charge in [-0.3, -0.25) is 10.1 Å². The molecular weight excluding hydrogens is 298 g/mol. The molecule has 2 aromatic rings. The molecule has 1 heterocycles. The minimum atomic E-state index is -3.73. The molecule has 21 heavy (non-hydrogen) atoms. The molecule has 1 aromatic heterocycles. The molecule has 112 valence electrons. The summed E-state index contributed by atoms with van der Waals surface area (Å²) in [7, 11) is -0.793. The van der Waals surface area contributed by atoms with Crippen LogP contribution < -0.4 is 4.74 Å². The van der Waals surface area contributed by atoms with Crippen molar-refractivity contribution in [2.24, 2.45) is 7.05 Å². The van der Waals surface area contributed by atoms with Crippen molar-refractivity contribution in [2.75, 3.05) is 7.11 Å². The van der Waals surface area contributed by atoms with Crippen molar-refractivity contribution in [3.63, 3.8) is 0 Å². The molecule has 0 atom stereocenters. The molecule has 9 heteroatoms. The van der Waals surface area contributed by atoms with E-state index in [1.165, 1.54) is 42.3 Å². The van der Waals surface area contributed by atoms with E-state index in [1.54, 1.807) is 7.05 Å². The quantitative estimate of drug-likeness (QED) is 0.609. The predicted octanol–water partition coefficient (Wildman–Crippen LogP) is 1.31. The normalized spacial score (nSPS) is 11.3. The molecule has 0 bridgehead atoms. The van der Waals surface area contributed by atoms with Crippen LogP contribution in [-0.4, -0.2) is 30.0 Å². The maximum atomic E-state index is 12.3. The van der Waals surface area contributed by atoms with E-state index in [0.717, 1.165) is 0 Å². The van der Waals surface area contributed by atoms with Gasteiger partial charge in [-0.05, 0) is 6.07 Å². The van der Waals surface area contributed by atoms with Gasteiger partial charge in [-0.2, -0.15) is 0 Å². The van der Waals surface area contributed by atoms with Crippen molar-refractivity contribution >= 4 is 15.5 Å². The number of non-ortho nitro benzene ring substituents is 1. The highest BCUT2D eigenvalue weighted by atomic mass is 32.2. The summed E-state index contributed by atoms with van der Waals surface area (Å²) >= 11 is 0. The number of nitro groups is 1. The van der Waals surface area contributed by atoms with E-state index in [-0.39, 0.29) is 22.2 Å². The lowest BCUT2D eigenvalue weighted by molar-refractivity contribution is -0.384. The van der Waals surface area contributed by atoms with E-state index in [1.807, 2.05) is 0 Å². The van der Waals surface area contributed by atoms with Crippen LogP contribution in [0.15, 0.2) is 35.7 Å². The summed E-state index contributed by atoms with van der Waals surface area (Å²) in [6.45, 7) is 0. The maximum Gasteiger partial charge on any atom is 0.270 e. The van der Waals surface area contributed by atoms with Gasteiger partial charge in [0.15, 0.2) is 0 Å². The molecule has 0 amide bonds. The Hall–Kier alpha value is -2.42. The van der Waals surface area contributed by atoms with Gasteiger partial charge in [0.25, 0.3) is 5.69 Å². The fraction of sp³-hybridized carbons (Fsp3) is 0.250. The minimum Gasteiger partial charge on any atom is -0.496 e. The SMILES string of the molecule is COc1ccc([N+](=O)[O-])cc1CS(=O)(=O)c1nccn1C. The lowest BCUT2D eigenvalue weighted by Gasteiger charge is -2.09. The fourth-order valence-electron chi connectivity index (χ4n) is 1.91. The van der Waals surface area contributed by atoms with Crippen LogP contribution in [0.3, 0.4) is 0 Å². The zero-order chi connectivity index (χ0) is 15.6. The Bertz CT molecular complexity index is 782. The minimum absolute atomic E-state index is 0.101. The number of nitrogens with zero attached hydrogens (tertiary/aromatic N) is 3. The third-order valence-corrected chi connectivity index (χ3v) is 4.52. The van der Waals surface area contributed by atoms with E-state index >= 15 is 0 Å². The fourth-order valence-corrected chi connectivity index (χ4v) is 3.40. The third kappa shape index (κ3) is 3.02. The second-order valence-corrected chi connectivity index (χ2v) is 6.22. The number of methoxy groups -OCH3 is 1. The van der Waals surface area contributed by atoms with E-state index in [9.17, 15) is 18.5 Å². The van der Waals surface area contributed by atoms with Gasteiger partial charge in [0.2, 0.25) is 15.0 Å². The first-order valence-corrected chi connectivity index (χ1v) is 7.52. The zero-order valence-corrected chi connectivity index (χ0v) is 12.2. The Morgan fingerprint density at radius 1 is 1.43 bits per heavy atom. The van der Waals surface area contributed by atoms with Gasteiger partial charge in [0.1, 0.15) is 5.75 Å². The average molecular weight is 311 g/mol. The number of benzene rings is 1. The molecule has 0 spiro atoms. The smallest absolute Gasteiger partial charge is 0.270 e. The Kier molecular flexibility index (Phi) is 3.94. The van der Waals surface area contributed by atoms with Crippen LogP contribution in [-0.2, 0) is 22.6 Å². The topological polar surface area (TPSA) is 104 Å². The summed E-state index contributed by atoms with van der Waals surface area (Å²) in [6, 6.07) is 3.83. The average Bonchev–Trinajstić information content (AvgIpc) is 2.85. The highest BCUT2D eigenvalue weighted by Crippen LogP contribution is 2.27. The van der Waals surface area contributed by atoms with Gasteiger partial charge in [0.05, 0.1) is 17.8 Å². The van der Waals surface area contributed by atoms with E-state index < -0.39 is 20.5 Å². The summed E-state index contributed by atoms with van der Waals surface area (Å²) in [5.74, 6) is -0.152. The van der Waals surface area contributed by atoms with Crippen molar-refractivity contribution in [3.8, 4) is 5.75 Å². The van der Waals surface area contributed by atoms with Crippen LogP contribution in [0.4, 0.5) is 5.69 Å². The monoisotopic (exact) mass is 311 g/mol. The van der Waals surface area contributed by atoms with Gasteiger partial charge in [-0.25, -0.2) is 13.4 Å². The second kappa shape index (κ2) is 5.52. The van der Waals surface area contributed by atoms with Crippen LogP contribution in [0.1, 0.15) is 5.56 Å². The third-order valence-electron chi connectivity index (χ3n) is 2.88. The Balaban J connectivity index is 2.45. The first-order valence-electron chi connectivity index (χ1n) is 5.86. The van der Waals surface area contributed by atoms with Gasteiger partial charge < -0.3 is 9.30 Å². The molecule has 0 fully saturated rings. The first-order chi connectivity index (χ1) is 9.85. The summed E-state index contributed by atoms with van der Waals surface area (Å²) in [4.78, 5) is 14.0. The van der Waals surface area contributed by atoms with E-state index in [0.29, 0.717) is 0 Å². The number of nitro benzene ring substituents is 1. The molecule has 0 aliphatic heterocycles. The standard InChI is InChI=1S/C12H13N3O5S/c1-14-6-5-13-12(14)21(18,19)8-9-7-10(15(16)17)3-4-11(9)20-2/h3-7H,8H2,1-2H3. The largest absolute Gasteiger partial charge is 0.496 e. The zero-order valence-electron chi connectivity index (χ0n) is 11.4. The summed E-state index contributed by atoms with van der Waals surface area (Å²) in [5, 5.41) is 10.7. The lowest BCUT2D eigenvalue weighted by atomic mass is 10.2. The molecule has 0 N–H and O–H groups in total. The number of sulfone groups is 1. The number of imidazole rings is 1. The van der Waals surface area contributed by atoms with Crippen LogP contribution in [0.25, 0.3) is 0 Å². The number of aryl methyl sites for hydroxylation is 1. The molecular formula is C12H13N3O5S. The molecule has 0 unspecified atom stereocenters. The van der Waals surface area contributed by atoms with Crippen LogP contribution >= 0.6 is 0 Å². The molecule has 0 aliphatic carbocycles. The second-order valence-electron chi connectivity index (χ2n) is 4.33. The van der Waals surface area contributed by atoms with Gasteiger partial charge in [-0.1, -0.05) is 0 Å². The van der Waals surface area contributed by atoms with Gasteiger partial charge >= 0.3 is 0 Å². The van der Waals surface area contributed by atoms with Crippen LogP contribution in [0, 0.1) is 10.1 Å². The van der Waals surface area contributed by atoms with Crippen molar-refractivity contribution < 1.29 is 18.1 Å². The molecule has 0 radical (unpaired) electrons. The predicted molar refractivity (Wildman–Crippen MR) is 73.7 cm³/mol. The van der Waals surface area contributed by atoms with Crippen LogP contribution in [0.2, 0.25) is 0 Å². The van der Waals surface area contributed by atoms with Gasteiger partial charge in [-0.15, -0.1) is 0 Å². The first kappa shape index (κ1) is 15.0. The van der Waals surface area contributed by atoms with Gasteiger partial charge in [0, 0.05) is 37.1 Å². The maximum absolute atomic E-state index is 12.3.